The van der Waals surface area contributed by atoms with Crippen molar-refractivity contribution in [2.24, 2.45) is 5.73 Å². The number of benzene rings is 1. The van der Waals surface area contributed by atoms with Crippen molar-refractivity contribution < 1.29 is 27.4 Å². The first-order valence-electron chi connectivity index (χ1n) is 5.98. The topological polar surface area (TPSA) is 85.3 Å². The minimum absolute atomic E-state index is 0.0669. The molecule has 0 bridgehead atoms. The maximum Gasteiger partial charge on any atom is 0.573 e. The Bertz CT molecular complexity index is 565. The van der Waals surface area contributed by atoms with E-state index in [9.17, 15) is 18.0 Å². The van der Waals surface area contributed by atoms with Crippen LogP contribution in [0, 0.1) is 11.3 Å². The number of alkyl halides is 3. The summed E-state index contributed by atoms with van der Waals surface area (Å²) in [7, 11) is 0. The largest absolute Gasteiger partial charge is 0.573 e. The second-order valence-electron chi connectivity index (χ2n) is 3.97. The number of nitrogens with zero attached hydrogens (tertiary/aromatic N) is 1. The molecule has 0 saturated heterocycles. The number of hydrogen-bond acceptors (Lipinski definition) is 5. The predicted octanol–water partition coefficient (Wildman–Crippen LogP) is 2.02. The third kappa shape index (κ3) is 4.96. The highest BCUT2D eigenvalue weighted by atomic mass is 19.4. The number of esters is 1. The van der Waals surface area contributed by atoms with Crippen molar-refractivity contribution in [2.45, 2.75) is 26.3 Å². The maximum atomic E-state index is 12.4. The number of nitriles is 1. The zero-order chi connectivity index (χ0) is 16.0. The first-order valence-corrected chi connectivity index (χ1v) is 5.98. The normalized spacial score (nSPS) is 10.9. The van der Waals surface area contributed by atoms with Gasteiger partial charge in [-0.1, -0.05) is 0 Å². The Balaban J connectivity index is 3.29. The van der Waals surface area contributed by atoms with Crippen molar-refractivity contribution in [2.75, 3.05) is 6.61 Å². The Morgan fingerprint density at radius 1 is 1.43 bits per heavy atom. The molecular weight excluding hydrogens is 289 g/mol. The summed E-state index contributed by atoms with van der Waals surface area (Å²) in [5, 5.41) is 9.02. The van der Waals surface area contributed by atoms with Gasteiger partial charge < -0.3 is 15.2 Å². The number of carbonyl (C=O) groups is 1. The van der Waals surface area contributed by atoms with E-state index in [4.69, 9.17) is 11.0 Å². The Morgan fingerprint density at radius 3 is 2.57 bits per heavy atom. The van der Waals surface area contributed by atoms with Crippen LogP contribution in [0.2, 0.25) is 0 Å². The van der Waals surface area contributed by atoms with Gasteiger partial charge in [0.25, 0.3) is 0 Å². The van der Waals surface area contributed by atoms with Gasteiger partial charge in [-0.2, -0.15) is 5.26 Å². The van der Waals surface area contributed by atoms with Crippen LogP contribution in [0.3, 0.4) is 0 Å². The zero-order valence-electron chi connectivity index (χ0n) is 11.2. The van der Waals surface area contributed by atoms with E-state index in [1.165, 1.54) is 6.07 Å². The predicted molar refractivity (Wildman–Crippen MR) is 66.1 cm³/mol. The monoisotopic (exact) mass is 302 g/mol. The molecule has 21 heavy (non-hydrogen) atoms. The van der Waals surface area contributed by atoms with Gasteiger partial charge in [0.15, 0.2) is 0 Å². The molecule has 1 aromatic carbocycles. The van der Waals surface area contributed by atoms with Crippen LogP contribution in [0.25, 0.3) is 0 Å². The fourth-order valence-electron chi connectivity index (χ4n) is 1.67. The first kappa shape index (κ1) is 16.8. The summed E-state index contributed by atoms with van der Waals surface area (Å²) in [5.41, 5.74) is 5.38. The number of ether oxygens (including phenoxy) is 2. The van der Waals surface area contributed by atoms with E-state index >= 15 is 0 Å². The van der Waals surface area contributed by atoms with Gasteiger partial charge in [-0.3, -0.25) is 4.79 Å². The third-order valence-electron chi connectivity index (χ3n) is 2.48. The van der Waals surface area contributed by atoms with E-state index in [0.717, 1.165) is 6.07 Å². The Morgan fingerprint density at radius 2 is 2.10 bits per heavy atom. The molecule has 1 rings (SSSR count). The molecule has 8 heteroatoms. The minimum Gasteiger partial charge on any atom is -0.466 e. The lowest BCUT2D eigenvalue weighted by molar-refractivity contribution is -0.275. The molecule has 0 aliphatic carbocycles. The number of hydrogen-bond donors (Lipinski definition) is 1. The van der Waals surface area contributed by atoms with Gasteiger partial charge in [-0.25, -0.2) is 0 Å². The lowest BCUT2D eigenvalue weighted by Crippen LogP contribution is -2.20. The number of nitrogens with two attached hydrogens (primary N) is 1. The molecule has 0 saturated carbocycles. The minimum atomic E-state index is -4.94. The molecule has 0 radical (unpaired) electrons. The maximum absolute atomic E-state index is 12.4. The smallest absolute Gasteiger partial charge is 0.466 e. The van der Waals surface area contributed by atoms with E-state index in [1.54, 1.807) is 13.0 Å². The number of rotatable bonds is 5. The molecule has 1 aromatic rings. The van der Waals surface area contributed by atoms with Gasteiger partial charge in [0.2, 0.25) is 0 Å². The van der Waals surface area contributed by atoms with E-state index in [1.807, 2.05) is 0 Å². The second-order valence-corrected chi connectivity index (χ2v) is 3.97. The van der Waals surface area contributed by atoms with Crippen LogP contribution in [0.15, 0.2) is 12.1 Å². The van der Waals surface area contributed by atoms with Gasteiger partial charge in [0.1, 0.15) is 5.75 Å². The highest BCUT2D eigenvalue weighted by Gasteiger charge is 2.33. The molecule has 0 unspecified atom stereocenters. The quantitative estimate of drug-likeness (QED) is 0.841. The highest BCUT2D eigenvalue weighted by molar-refractivity contribution is 5.75. The van der Waals surface area contributed by atoms with E-state index in [-0.39, 0.29) is 24.3 Å². The first-order chi connectivity index (χ1) is 9.80. The van der Waals surface area contributed by atoms with E-state index < -0.39 is 24.5 Å². The van der Waals surface area contributed by atoms with E-state index in [2.05, 4.69) is 9.47 Å². The second kappa shape index (κ2) is 6.95. The standard InChI is InChI=1S/C13H13F3N2O3/c1-2-20-12(19)5-10-9(7-18)3-8(6-17)4-11(10)21-13(14,15)16/h3-4H,2,5-6,17H2,1H3. The highest BCUT2D eigenvalue weighted by Crippen LogP contribution is 2.30. The molecule has 0 aliphatic rings. The van der Waals surface area contributed by atoms with Crippen LogP contribution in [0.4, 0.5) is 13.2 Å². The summed E-state index contributed by atoms with van der Waals surface area (Å²) < 4.78 is 45.8. The SMILES string of the molecule is CCOC(=O)Cc1c(C#N)cc(CN)cc1OC(F)(F)F. The fourth-order valence-corrected chi connectivity index (χ4v) is 1.67. The van der Waals surface area contributed by atoms with Gasteiger partial charge in [-0.15, -0.1) is 13.2 Å². The molecule has 0 fully saturated rings. The lowest BCUT2D eigenvalue weighted by Gasteiger charge is -2.15. The third-order valence-corrected chi connectivity index (χ3v) is 2.48. The molecule has 114 valence electrons. The van der Waals surface area contributed by atoms with Crippen LogP contribution >= 0.6 is 0 Å². The van der Waals surface area contributed by atoms with Crippen molar-refractivity contribution in [3.63, 3.8) is 0 Å². The van der Waals surface area contributed by atoms with Gasteiger partial charge in [-0.05, 0) is 24.6 Å². The summed E-state index contributed by atoms with van der Waals surface area (Å²) >= 11 is 0. The summed E-state index contributed by atoms with van der Waals surface area (Å²) in [5.74, 6) is -1.36. The van der Waals surface area contributed by atoms with Gasteiger partial charge >= 0.3 is 12.3 Å². The van der Waals surface area contributed by atoms with Crippen LogP contribution < -0.4 is 10.5 Å². The van der Waals surface area contributed by atoms with Crippen LogP contribution in [-0.4, -0.2) is 18.9 Å². The van der Waals surface area contributed by atoms with Crippen molar-refractivity contribution in [3.8, 4) is 11.8 Å². The molecule has 0 amide bonds. The molecule has 0 heterocycles. The number of halogens is 3. The molecule has 5 nitrogen and oxygen atoms in total. The van der Waals surface area contributed by atoms with Crippen LogP contribution in [0.1, 0.15) is 23.6 Å². The van der Waals surface area contributed by atoms with Crippen LogP contribution in [-0.2, 0) is 22.5 Å². The van der Waals surface area contributed by atoms with E-state index in [0.29, 0.717) is 5.56 Å². The fraction of sp³-hybridized carbons (Fsp3) is 0.385. The molecule has 0 aliphatic heterocycles. The average molecular weight is 302 g/mol. The van der Waals surface area contributed by atoms with Gasteiger partial charge in [0.05, 0.1) is 24.7 Å². The summed E-state index contributed by atoms with van der Waals surface area (Å²) in [6.07, 6.45) is -5.43. The Hall–Kier alpha value is -2.27. The number of carbonyl (C=O) groups excluding carboxylic acids is 1. The van der Waals surface area contributed by atoms with Crippen LogP contribution in [0.5, 0.6) is 5.75 Å². The zero-order valence-corrected chi connectivity index (χ0v) is 11.2. The molecule has 0 atom stereocenters. The Kier molecular flexibility index (Phi) is 5.55. The molecular formula is C13H13F3N2O3. The van der Waals surface area contributed by atoms with Crippen molar-refractivity contribution in [1.82, 2.24) is 0 Å². The molecule has 0 spiro atoms. The summed E-state index contributed by atoms with van der Waals surface area (Å²) in [6, 6.07) is 4.11. The van der Waals surface area contributed by atoms with Gasteiger partial charge in [0, 0.05) is 12.1 Å². The molecule has 0 aromatic heterocycles. The average Bonchev–Trinajstić information content (AvgIpc) is 2.39. The van der Waals surface area contributed by atoms with Crippen molar-refractivity contribution in [3.05, 3.63) is 28.8 Å². The lowest BCUT2D eigenvalue weighted by atomic mass is 10.0. The summed E-state index contributed by atoms with van der Waals surface area (Å²) in [4.78, 5) is 11.5. The van der Waals surface area contributed by atoms with Crippen molar-refractivity contribution in [1.29, 1.82) is 5.26 Å². The van der Waals surface area contributed by atoms with Crippen molar-refractivity contribution >= 4 is 5.97 Å². The molecule has 2 N–H and O–H groups in total. The Labute approximate surface area is 119 Å². The summed E-state index contributed by atoms with van der Waals surface area (Å²) in [6.45, 7) is 1.58.